The number of nitrogens with zero attached hydrogens (tertiary/aromatic N) is 1. The second-order valence-corrected chi connectivity index (χ2v) is 6.18. The molecule has 1 amide bonds. The van der Waals surface area contributed by atoms with Gasteiger partial charge in [0.1, 0.15) is 5.60 Å². The lowest BCUT2D eigenvalue weighted by atomic mass is 9.90. The van der Waals surface area contributed by atoms with E-state index < -0.39 is 5.60 Å². The van der Waals surface area contributed by atoms with Crippen molar-refractivity contribution in [3.8, 4) is 12.3 Å². The Balaban J connectivity index is 2.38. The van der Waals surface area contributed by atoms with E-state index in [9.17, 15) is 4.79 Å². The molecule has 0 spiro atoms. The molecule has 0 bridgehead atoms. The standard InChI is InChI=1S/C15H26N2O2/c1-6-11-16-12-7-9-13(10-8-12)17(5)14(18)19-15(2,3)4/h1,12-13,16H,7-11H2,2-5H3. The van der Waals surface area contributed by atoms with Crippen LogP contribution < -0.4 is 5.32 Å². The fourth-order valence-corrected chi connectivity index (χ4v) is 2.35. The van der Waals surface area contributed by atoms with Crippen molar-refractivity contribution in [1.29, 1.82) is 0 Å². The van der Waals surface area contributed by atoms with E-state index in [4.69, 9.17) is 11.2 Å². The van der Waals surface area contributed by atoms with Gasteiger partial charge in [-0.3, -0.25) is 0 Å². The van der Waals surface area contributed by atoms with Crippen molar-refractivity contribution in [1.82, 2.24) is 10.2 Å². The summed E-state index contributed by atoms with van der Waals surface area (Å²) in [5.74, 6) is 2.60. The normalized spacial score (nSPS) is 23.5. The highest BCUT2D eigenvalue weighted by Crippen LogP contribution is 2.23. The molecule has 0 radical (unpaired) electrons. The molecule has 1 N–H and O–H groups in total. The fraction of sp³-hybridized carbons (Fsp3) is 0.800. The zero-order valence-corrected chi connectivity index (χ0v) is 12.5. The van der Waals surface area contributed by atoms with E-state index in [0.717, 1.165) is 25.7 Å². The number of carbonyl (C=O) groups is 1. The highest BCUT2D eigenvalue weighted by atomic mass is 16.6. The Morgan fingerprint density at radius 1 is 1.37 bits per heavy atom. The van der Waals surface area contributed by atoms with Crippen LogP contribution in [0.4, 0.5) is 4.79 Å². The topological polar surface area (TPSA) is 41.6 Å². The van der Waals surface area contributed by atoms with Crippen LogP contribution in [-0.2, 0) is 4.74 Å². The van der Waals surface area contributed by atoms with Crippen molar-refractivity contribution in [3.05, 3.63) is 0 Å². The molecular formula is C15H26N2O2. The Hall–Kier alpha value is -1.21. The molecule has 0 unspecified atom stereocenters. The first kappa shape index (κ1) is 15.8. The molecule has 0 saturated heterocycles. The van der Waals surface area contributed by atoms with Gasteiger partial charge in [0.15, 0.2) is 0 Å². The zero-order chi connectivity index (χ0) is 14.5. The summed E-state index contributed by atoms with van der Waals surface area (Å²) in [6.07, 6.45) is 9.11. The summed E-state index contributed by atoms with van der Waals surface area (Å²) in [6.45, 7) is 6.29. The quantitative estimate of drug-likeness (QED) is 0.797. The van der Waals surface area contributed by atoms with Gasteiger partial charge < -0.3 is 15.0 Å². The molecule has 4 nitrogen and oxygen atoms in total. The van der Waals surface area contributed by atoms with Gasteiger partial charge in [0.25, 0.3) is 0 Å². The Labute approximate surface area is 116 Å². The Morgan fingerprint density at radius 3 is 2.42 bits per heavy atom. The minimum absolute atomic E-state index is 0.229. The number of amides is 1. The van der Waals surface area contributed by atoms with Crippen LogP contribution in [-0.4, -0.2) is 42.3 Å². The third-order valence-corrected chi connectivity index (χ3v) is 3.42. The van der Waals surface area contributed by atoms with E-state index in [2.05, 4.69) is 11.2 Å². The summed E-state index contributed by atoms with van der Waals surface area (Å²) in [7, 11) is 1.83. The van der Waals surface area contributed by atoms with Crippen LogP contribution >= 0.6 is 0 Å². The van der Waals surface area contributed by atoms with Gasteiger partial charge in [0, 0.05) is 19.1 Å². The van der Waals surface area contributed by atoms with E-state index in [1.807, 2.05) is 27.8 Å². The number of hydrogen-bond acceptors (Lipinski definition) is 3. The Kier molecular flexibility index (Phi) is 5.68. The lowest BCUT2D eigenvalue weighted by Gasteiger charge is -2.35. The van der Waals surface area contributed by atoms with Crippen LogP contribution in [0.15, 0.2) is 0 Å². The molecule has 0 aromatic carbocycles. The molecule has 0 aromatic heterocycles. The van der Waals surface area contributed by atoms with Crippen LogP contribution in [0.3, 0.4) is 0 Å². The largest absolute Gasteiger partial charge is 0.444 e. The fourth-order valence-electron chi connectivity index (χ4n) is 2.35. The summed E-state index contributed by atoms with van der Waals surface area (Å²) in [5.41, 5.74) is -0.434. The molecule has 1 rings (SSSR count). The second kappa shape index (κ2) is 6.81. The smallest absolute Gasteiger partial charge is 0.410 e. The molecule has 1 fully saturated rings. The molecule has 0 aromatic rings. The average molecular weight is 266 g/mol. The second-order valence-electron chi connectivity index (χ2n) is 6.18. The minimum atomic E-state index is -0.434. The first-order valence-electron chi connectivity index (χ1n) is 6.96. The van der Waals surface area contributed by atoms with Gasteiger partial charge >= 0.3 is 6.09 Å². The van der Waals surface area contributed by atoms with E-state index in [1.54, 1.807) is 4.90 Å². The molecule has 0 heterocycles. The Bertz CT molecular complexity index is 333. The van der Waals surface area contributed by atoms with Gasteiger partial charge in [-0.05, 0) is 46.5 Å². The first-order chi connectivity index (χ1) is 8.83. The predicted octanol–water partition coefficient (Wildman–Crippen LogP) is 2.39. The monoisotopic (exact) mass is 266 g/mol. The molecule has 108 valence electrons. The van der Waals surface area contributed by atoms with E-state index in [-0.39, 0.29) is 12.1 Å². The van der Waals surface area contributed by atoms with Crippen molar-refractivity contribution < 1.29 is 9.53 Å². The molecule has 0 aliphatic heterocycles. The first-order valence-corrected chi connectivity index (χ1v) is 6.96. The maximum atomic E-state index is 12.0. The highest BCUT2D eigenvalue weighted by Gasteiger charge is 2.28. The van der Waals surface area contributed by atoms with E-state index in [1.165, 1.54) is 0 Å². The molecule has 0 atom stereocenters. The summed E-state index contributed by atoms with van der Waals surface area (Å²) >= 11 is 0. The molecule has 1 aliphatic carbocycles. The van der Waals surface area contributed by atoms with Crippen LogP contribution in [0.5, 0.6) is 0 Å². The van der Waals surface area contributed by atoms with Crippen molar-refractivity contribution >= 4 is 6.09 Å². The Morgan fingerprint density at radius 2 is 1.95 bits per heavy atom. The highest BCUT2D eigenvalue weighted by molar-refractivity contribution is 5.68. The van der Waals surface area contributed by atoms with Gasteiger partial charge in [0.05, 0.1) is 6.54 Å². The lowest BCUT2D eigenvalue weighted by Crippen LogP contribution is -2.45. The van der Waals surface area contributed by atoms with Crippen molar-refractivity contribution in [2.45, 2.75) is 64.1 Å². The number of rotatable bonds is 3. The third kappa shape index (κ3) is 5.52. The van der Waals surface area contributed by atoms with Crippen molar-refractivity contribution in [2.24, 2.45) is 0 Å². The van der Waals surface area contributed by atoms with Crippen LogP contribution in [0, 0.1) is 12.3 Å². The molecule has 4 heteroatoms. The minimum Gasteiger partial charge on any atom is -0.444 e. The van der Waals surface area contributed by atoms with E-state index in [0.29, 0.717) is 12.6 Å². The summed E-state index contributed by atoms with van der Waals surface area (Å²) < 4.78 is 5.39. The maximum absolute atomic E-state index is 12.0. The number of ether oxygens (including phenoxy) is 1. The van der Waals surface area contributed by atoms with Gasteiger partial charge in [-0.1, -0.05) is 5.92 Å². The van der Waals surface area contributed by atoms with Crippen molar-refractivity contribution in [2.75, 3.05) is 13.6 Å². The molecular weight excluding hydrogens is 240 g/mol. The van der Waals surface area contributed by atoms with Gasteiger partial charge in [-0.15, -0.1) is 6.42 Å². The van der Waals surface area contributed by atoms with Gasteiger partial charge in [-0.2, -0.15) is 0 Å². The zero-order valence-electron chi connectivity index (χ0n) is 12.5. The van der Waals surface area contributed by atoms with Crippen molar-refractivity contribution in [3.63, 3.8) is 0 Å². The number of nitrogens with one attached hydrogen (secondary N) is 1. The summed E-state index contributed by atoms with van der Waals surface area (Å²) in [6, 6.07) is 0.762. The molecule has 1 aliphatic rings. The van der Waals surface area contributed by atoms with Crippen LogP contribution in [0.1, 0.15) is 46.5 Å². The number of carbonyl (C=O) groups excluding carboxylic acids is 1. The van der Waals surface area contributed by atoms with E-state index >= 15 is 0 Å². The summed E-state index contributed by atoms with van der Waals surface area (Å²) in [4.78, 5) is 13.7. The average Bonchev–Trinajstić information content (AvgIpc) is 2.34. The van der Waals surface area contributed by atoms with Crippen LogP contribution in [0.25, 0.3) is 0 Å². The van der Waals surface area contributed by atoms with Crippen LogP contribution in [0.2, 0.25) is 0 Å². The number of terminal acetylenes is 1. The summed E-state index contributed by atoms with van der Waals surface area (Å²) in [5, 5.41) is 3.33. The predicted molar refractivity (Wildman–Crippen MR) is 76.9 cm³/mol. The molecule has 19 heavy (non-hydrogen) atoms. The van der Waals surface area contributed by atoms with Gasteiger partial charge in [-0.25, -0.2) is 4.79 Å². The SMILES string of the molecule is C#CCNC1CCC(N(C)C(=O)OC(C)(C)C)CC1. The maximum Gasteiger partial charge on any atom is 0.410 e. The molecule has 1 saturated carbocycles. The van der Waals surface area contributed by atoms with Gasteiger partial charge in [0.2, 0.25) is 0 Å². The third-order valence-electron chi connectivity index (χ3n) is 3.42. The number of hydrogen-bond donors (Lipinski definition) is 1. The lowest BCUT2D eigenvalue weighted by molar-refractivity contribution is 0.0180.